The molecule has 6 nitrogen and oxygen atoms in total. The van der Waals surface area contributed by atoms with Gasteiger partial charge in [-0.2, -0.15) is 5.26 Å². The van der Waals surface area contributed by atoms with E-state index in [0.717, 1.165) is 38.0 Å². The number of nitriles is 1. The largest absolute Gasteiger partial charge is 0.508 e. The predicted octanol–water partition coefficient (Wildman–Crippen LogP) is 1.65. The molecule has 2 aliphatic heterocycles. The summed E-state index contributed by atoms with van der Waals surface area (Å²) >= 11 is 0. The quantitative estimate of drug-likeness (QED) is 0.858. The van der Waals surface area contributed by atoms with Gasteiger partial charge in [-0.15, -0.1) is 0 Å². The van der Waals surface area contributed by atoms with E-state index in [4.69, 9.17) is 10.00 Å². The molecule has 0 radical (unpaired) electrons. The van der Waals surface area contributed by atoms with E-state index in [1.165, 1.54) is 0 Å². The highest BCUT2D eigenvalue weighted by molar-refractivity contribution is 5.83. The Hall–Kier alpha value is -2.26. The molecule has 24 heavy (non-hydrogen) atoms. The molecule has 1 aromatic carbocycles. The van der Waals surface area contributed by atoms with Crippen LogP contribution >= 0.6 is 0 Å². The number of phenolic OH excluding ortho intramolecular Hbond substituents is 1. The second-order valence-corrected chi connectivity index (χ2v) is 6.51. The summed E-state index contributed by atoms with van der Waals surface area (Å²) in [6.07, 6.45) is 3.38. The second-order valence-electron chi connectivity index (χ2n) is 6.51. The Morgan fingerprint density at radius 3 is 2.96 bits per heavy atom. The molecule has 2 unspecified atom stereocenters. The first-order valence-electron chi connectivity index (χ1n) is 8.52. The highest BCUT2D eigenvalue weighted by Gasteiger charge is 2.36. The lowest BCUT2D eigenvalue weighted by Crippen LogP contribution is -2.45. The van der Waals surface area contributed by atoms with Crippen molar-refractivity contribution in [2.24, 2.45) is 5.92 Å². The monoisotopic (exact) mass is 329 g/mol. The average Bonchev–Trinajstić information content (AvgIpc) is 3.25. The number of amides is 1. The highest BCUT2D eigenvalue weighted by atomic mass is 16.5. The molecule has 0 spiro atoms. The van der Waals surface area contributed by atoms with Crippen LogP contribution in [0.3, 0.4) is 0 Å². The van der Waals surface area contributed by atoms with Crippen molar-refractivity contribution in [1.29, 1.82) is 5.26 Å². The highest BCUT2D eigenvalue weighted by Crippen LogP contribution is 2.24. The van der Waals surface area contributed by atoms with Gasteiger partial charge in [-0.1, -0.05) is 0 Å². The summed E-state index contributed by atoms with van der Waals surface area (Å²) in [5.74, 6) is 1.43. The van der Waals surface area contributed by atoms with Crippen molar-refractivity contribution in [2.45, 2.75) is 37.8 Å². The van der Waals surface area contributed by atoms with Crippen LogP contribution in [0.1, 0.15) is 25.7 Å². The SMILES string of the molecule is N#CC1CCCN1C(=O)C1C[C@H](CCOc2ccc(O)cc2)CN1. The second kappa shape index (κ2) is 7.54. The first kappa shape index (κ1) is 16.6. The van der Waals surface area contributed by atoms with E-state index in [0.29, 0.717) is 19.1 Å². The van der Waals surface area contributed by atoms with Gasteiger partial charge in [0, 0.05) is 6.54 Å². The lowest BCUT2D eigenvalue weighted by molar-refractivity contribution is -0.133. The molecule has 2 saturated heterocycles. The number of hydrogen-bond donors (Lipinski definition) is 2. The van der Waals surface area contributed by atoms with Crippen LogP contribution in [0.4, 0.5) is 0 Å². The number of nitrogens with one attached hydrogen (secondary N) is 1. The molecule has 3 atom stereocenters. The number of nitrogens with zero attached hydrogens (tertiary/aromatic N) is 2. The van der Waals surface area contributed by atoms with Crippen LogP contribution in [-0.2, 0) is 4.79 Å². The van der Waals surface area contributed by atoms with Gasteiger partial charge in [0.2, 0.25) is 5.91 Å². The third kappa shape index (κ3) is 3.80. The molecule has 0 aromatic heterocycles. The van der Waals surface area contributed by atoms with E-state index >= 15 is 0 Å². The van der Waals surface area contributed by atoms with Gasteiger partial charge in [0.15, 0.2) is 0 Å². The third-order valence-electron chi connectivity index (χ3n) is 4.84. The van der Waals surface area contributed by atoms with Crippen LogP contribution in [0.5, 0.6) is 11.5 Å². The van der Waals surface area contributed by atoms with Gasteiger partial charge in [-0.3, -0.25) is 4.79 Å². The summed E-state index contributed by atoms with van der Waals surface area (Å²) in [4.78, 5) is 14.3. The number of carbonyl (C=O) groups is 1. The maximum atomic E-state index is 12.5. The molecule has 0 aliphatic carbocycles. The summed E-state index contributed by atoms with van der Waals surface area (Å²) < 4.78 is 5.68. The molecule has 0 saturated carbocycles. The Labute approximate surface area is 142 Å². The molecule has 0 bridgehead atoms. The summed E-state index contributed by atoms with van der Waals surface area (Å²) in [7, 11) is 0. The Morgan fingerprint density at radius 2 is 2.21 bits per heavy atom. The van der Waals surface area contributed by atoms with Gasteiger partial charge >= 0.3 is 0 Å². The van der Waals surface area contributed by atoms with Gasteiger partial charge < -0.3 is 20.1 Å². The maximum absolute atomic E-state index is 12.5. The molecule has 2 aliphatic rings. The third-order valence-corrected chi connectivity index (χ3v) is 4.84. The minimum Gasteiger partial charge on any atom is -0.508 e. The van der Waals surface area contributed by atoms with Gasteiger partial charge in [0.25, 0.3) is 0 Å². The van der Waals surface area contributed by atoms with Crippen molar-refractivity contribution < 1.29 is 14.6 Å². The summed E-state index contributed by atoms with van der Waals surface area (Å²) in [5.41, 5.74) is 0. The van der Waals surface area contributed by atoms with E-state index in [-0.39, 0.29) is 23.7 Å². The molecule has 128 valence electrons. The standard InChI is InChI=1S/C18H23N3O3/c19-11-14-2-1-8-21(14)18(23)17-10-13(12-20-17)7-9-24-16-5-3-15(22)4-6-16/h3-6,13-14,17,20,22H,1-2,7-10,12H2/t13-,14?,17?/m0/s1. The van der Waals surface area contributed by atoms with Crippen molar-refractivity contribution in [2.75, 3.05) is 19.7 Å². The number of likely N-dealkylation sites (tertiary alicyclic amines) is 1. The van der Waals surface area contributed by atoms with Crippen LogP contribution < -0.4 is 10.1 Å². The zero-order valence-corrected chi connectivity index (χ0v) is 13.6. The van der Waals surface area contributed by atoms with E-state index in [2.05, 4.69) is 11.4 Å². The Morgan fingerprint density at radius 1 is 1.42 bits per heavy atom. The molecular formula is C18H23N3O3. The van der Waals surface area contributed by atoms with Gasteiger partial charge in [0.05, 0.1) is 18.7 Å². The van der Waals surface area contributed by atoms with Crippen LogP contribution in [0, 0.1) is 17.2 Å². The van der Waals surface area contributed by atoms with Crippen LogP contribution in [0.25, 0.3) is 0 Å². The van der Waals surface area contributed by atoms with Crippen LogP contribution in [0.2, 0.25) is 0 Å². The molecule has 2 fully saturated rings. The Kier molecular flexibility index (Phi) is 5.21. The Balaban J connectivity index is 1.43. The fourth-order valence-corrected chi connectivity index (χ4v) is 3.47. The van der Waals surface area contributed by atoms with Gasteiger partial charge in [-0.25, -0.2) is 0 Å². The molecule has 1 amide bonds. The first-order chi connectivity index (χ1) is 11.7. The summed E-state index contributed by atoms with van der Waals surface area (Å²) in [6, 6.07) is 8.48. The normalized spacial score (nSPS) is 26.3. The van der Waals surface area contributed by atoms with Crippen molar-refractivity contribution in [3.63, 3.8) is 0 Å². The first-order valence-corrected chi connectivity index (χ1v) is 8.52. The zero-order valence-electron chi connectivity index (χ0n) is 13.6. The number of phenols is 1. The Bertz CT molecular complexity index is 611. The minimum absolute atomic E-state index is 0.0704. The smallest absolute Gasteiger partial charge is 0.240 e. The number of benzene rings is 1. The van der Waals surface area contributed by atoms with E-state index in [9.17, 15) is 9.90 Å². The minimum atomic E-state index is -0.254. The molecular weight excluding hydrogens is 306 g/mol. The van der Waals surface area contributed by atoms with Crippen molar-refractivity contribution in [1.82, 2.24) is 10.2 Å². The lowest BCUT2D eigenvalue weighted by Gasteiger charge is -2.23. The lowest BCUT2D eigenvalue weighted by atomic mass is 10.0. The number of aromatic hydroxyl groups is 1. The topological polar surface area (TPSA) is 85.6 Å². The van der Waals surface area contributed by atoms with Gasteiger partial charge in [-0.05, 0) is 62.4 Å². The van der Waals surface area contributed by atoms with Crippen LogP contribution in [-0.4, -0.2) is 47.7 Å². The number of hydrogen-bond acceptors (Lipinski definition) is 5. The molecule has 2 N–H and O–H groups in total. The number of ether oxygens (including phenoxy) is 1. The number of carbonyl (C=O) groups excluding carboxylic acids is 1. The molecule has 1 aromatic rings. The molecule has 6 heteroatoms. The number of rotatable bonds is 5. The zero-order chi connectivity index (χ0) is 16.9. The average molecular weight is 329 g/mol. The summed E-state index contributed by atoms with van der Waals surface area (Å²) in [5, 5.41) is 21.7. The van der Waals surface area contributed by atoms with Crippen LogP contribution in [0.15, 0.2) is 24.3 Å². The predicted molar refractivity (Wildman–Crippen MR) is 88.5 cm³/mol. The fourth-order valence-electron chi connectivity index (χ4n) is 3.47. The van der Waals surface area contributed by atoms with Crippen molar-refractivity contribution in [3.05, 3.63) is 24.3 Å². The maximum Gasteiger partial charge on any atom is 0.240 e. The summed E-state index contributed by atoms with van der Waals surface area (Å²) in [6.45, 7) is 2.09. The van der Waals surface area contributed by atoms with E-state index in [1.54, 1.807) is 29.2 Å². The fraction of sp³-hybridized carbons (Fsp3) is 0.556. The van der Waals surface area contributed by atoms with Gasteiger partial charge in [0.1, 0.15) is 17.5 Å². The molecule has 3 rings (SSSR count). The van der Waals surface area contributed by atoms with Crippen molar-refractivity contribution in [3.8, 4) is 17.6 Å². The van der Waals surface area contributed by atoms with E-state index < -0.39 is 0 Å². The van der Waals surface area contributed by atoms with E-state index in [1.807, 2.05) is 0 Å². The van der Waals surface area contributed by atoms with Crippen molar-refractivity contribution >= 4 is 5.91 Å². The molecule has 2 heterocycles.